The highest BCUT2D eigenvalue weighted by Crippen LogP contribution is 2.41. The van der Waals surface area contributed by atoms with Crippen LogP contribution in [0.2, 0.25) is 0 Å². The van der Waals surface area contributed by atoms with Crippen molar-refractivity contribution >= 4 is 23.2 Å². The third kappa shape index (κ3) is 3.36. The second-order valence-corrected chi connectivity index (χ2v) is 8.49. The summed E-state index contributed by atoms with van der Waals surface area (Å²) in [5, 5.41) is 13.9. The molecule has 8 nitrogen and oxygen atoms in total. The molecule has 1 spiro atoms. The molecule has 4 heterocycles. The van der Waals surface area contributed by atoms with Crippen LogP contribution >= 0.6 is 11.3 Å². The number of carbonyl (C=O) groups is 2. The van der Waals surface area contributed by atoms with Gasteiger partial charge in [-0.3, -0.25) is 9.59 Å². The molecule has 0 radical (unpaired) electrons. The lowest BCUT2D eigenvalue weighted by molar-refractivity contribution is 0.0461. The van der Waals surface area contributed by atoms with Gasteiger partial charge >= 0.3 is 0 Å². The number of likely N-dealkylation sites (tertiary alicyclic amines) is 1. The molecule has 2 aliphatic rings. The summed E-state index contributed by atoms with van der Waals surface area (Å²) in [5.74, 6) is 1.15. The standard InChI is InChI=1S/C18H24N6O2S/c1-3-19-16(25)15-22-21-14-4-5-18(11-24(14)15)6-8-23(9-7-18)17(26)13-10-27-12(2)20-13/h10H,3-9,11H2,1-2H3,(H,19,25). The molecule has 0 saturated carbocycles. The zero-order chi connectivity index (χ0) is 19.0. The second-order valence-electron chi connectivity index (χ2n) is 7.43. The molecule has 0 aliphatic carbocycles. The minimum Gasteiger partial charge on any atom is -0.350 e. The maximum Gasteiger partial charge on any atom is 0.289 e. The summed E-state index contributed by atoms with van der Waals surface area (Å²) >= 11 is 1.51. The van der Waals surface area contributed by atoms with Crippen molar-refractivity contribution in [3.05, 3.63) is 27.7 Å². The number of aromatic nitrogens is 4. The normalized spacial score (nSPS) is 18.4. The topological polar surface area (TPSA) is 93.0 Å². The molecule has 144 valence electrons. The lowest BCUT2D eigenvalue weighted by Gasteiger charge is -2.44. The molecule has 27 heavy (non-hydrogen) atoms. The van der Waals surface area contributed by atoms with Crippen LogP contribution in [-0.2, 0) is 13.0 Å². The molecule has 0 bridgehead atoms. The van der Waals surface area contributed by atoms with E-state index in [9.17, 15) is 9.59 Å². The van der Waals surface area contributed by atoms with Crippen molar-refractivity contribution < 1.29 is 9.59 Å². The molecule has 2 aromatic heterocycles. The number of hydrogen-bond donors (Lipinski definition) is 1. The van der Waals surface area contributed by atoms with Crippen LogP contribution in [0.5, 0.6) is 0 Å². The molecule has 2 aromatic rings. The van der Waals surface area contributed by atoms with E-state index >= 15 is 0 Å². The van der Waals surface area contributed by atoms with Gasteiger partial charge in [0, 0.05) is 38.0 Å². The number of nitrogens with zero attached hydrogens (tertiary/aromatic N) is 5. The molecule has 4 rings (SSSR count). The molecule has 0 unspecified atom stereocenters. The van der Waals surface area contributed by atoms with Crippen molar-refractivity contribution in [1.29, 1.82) is 0 Å². The van der Waals surface area contributed by atoms with Crippen molar-refractivity contribution in [2.24, 2.45) is 5.41 Å². The summed E-state index contributed by atoms with van der Waals surface area (Å²) in [7, 11) is 0. The van der Waals surface area contributed by atoms with Crippen LogP contribution in [0.1, 0.15) is 58.1 Å². The van der Waals surface area contributed by atoms with Gasteiger partial charge in [0.1, 0.15) is 11.5 Å². The largest absolute Gasteiger partial charge is 0.350 e. The highest BCUT2D eigenvalue weighted by Gasteiger charge is 2.41. The number of fused-ring (bicyclic) bond motifs is 1. The fraction of sp³-hybridized carbons (Fsp3) is 0.611. The van der Waals surface area contributed by atoms with Gasteiger partial charge in [-0.15, -0.1) is 21.5 Å². The Kier molecular flexibility index (Phi) is 4.71. The number of carbonyl (C=O) groups excluding carboxylic acids is 2. The Balaban J connectivity index is 1.46. The summed E-state index contributed by atoms with van der Waals surface area (Å²) < 4.78 is 1.98. The van der Waals surface area contributed by atoms with E-state index in [0.29, 0.717) is 18.1 Å². The lowest BCUT2D eigenvalue weighted by Crippen LogP contribution is -2.47. The SMILES string of the molecule is CCNC(=O)c1nnc2n1CC1(CC2)CCN(C(=O)c2csc(C)n2)CC1. The Bertz CT molecular complexity index is 865. The van der Waals surface area contributed by atoms with Crippen LogP contribution in [0.25, 0.3) is 0 Å². The van der Waals surface area contributed by atoms with Crippen molar-refractivity contribution in [2.45, 2.75) is 46.1 Å². The number of thiazole rings is 1. The summed E-state index contributed by atoms with van der Waals surface area (Å²) in [4.78, 5) is 31.1. The van der Waals surface area contributed by atoms with Crippen LogP contribution in [0.4, 0.5) is 0 Å². The average molecular weight is 388 g/mol. The molecule has 1 saturated heterocycles. The fourth-order valence-corrected chi connectivity index (χ4v) is 4.69. The number of aryl methyl sites for hydroxylation is 2. The van der Waals surface area contributed by atoms with E-state index in [0.717, 1.165) is 56.1 Å². The zero-order valence-corrected chi connectivity index (χ0v) is 16.5. The van der Waals surface area contributed by atoms with Gasteiger partial charge in [0.15, 0.2) is 0 Å². The molecule has 0 atom stereocenters. The molecule has 1 N–H and O–H groups in total. The molecule has 1 fully saturated rings. The van der Waals surface area contributed by atoms with Crippen LogP contribution in [-0.4, -0.2) is 56.1 Å². The van der Waals surface area contributed by atoms with Crippen LogP contribution < -0.4 is 5.32 Å². The van der Waals surface area contributed by atoms with Gasteiger partial charge in [-0.1, -0.05) is 0 Å². The third-order valence-corrected chi connectivity index (χ3v) is 6.46. The predicted molar refractivity (Wildman–Crippen MR) is 101 cm³/mol. The Morgan fingerprint density at radius 1 is 1.26 bits per heavy atom. The van der Waals surface area contributed by atoms with E-state index < -0.39 is 0 Å². The minimum absolute atomic E-state index is 0.0259. The first-order valence-electron chi connectivity index (χ1n) is 9.43. The lowest BCUT2D eigenvalue weighted by atomic mass is 9.73. The summed E-state index contributed by atoms with van der Waals surface area (Å²) in [5.41, 5.74) is 0.655. The molecule has 2 aliphatic heterocycles. The molecule has 0 aromatic carbocycles. The van der Waals surface area contributed by atoms with Crippen molar-refractivity contribution in [1.82, 2.24) is 30.0 Å². The van der Waals surface area contributed by atoms with Crippen molar-refractivity contribution in [3.63, 3.8) is 0 Å². The number of piperidine rings is 1. The molecular formula is C18H24N6O2S. The maximum atomic E-state index is 12.6. The first-order chi connectivity index (χ1) is 13.0. The second kappa shape index (κ2) is 7.03. The molecule has 2 amide bonds. The monoisotopic (exact) mass is 388 g/mol. The van der Waals surface area contributed by atoms with Gasteiger partial charge in [0.25, 0.3) is 11.8 Å². The Labute approximate surface area is 162 Å². The number of hydrogen-bond acceptors (Lipinski definition) is 6. The van der Waals surface area contributed by atoms with E-state index in [4.69, 9.17) is 0 Å². The third-order valence-electron chi connectivity index (χ3n) is 5.69. The van der Waals surface area contributed by atoms with Gasteiger partial charge in [-0.2, -0.15) is 0 Å². The molecular weight excluding hydrogens is 364 g/mol. The van der Waals surface area contributed by atoms with Crippen molar-refractivity contribution in [2.75, 3.05) is 19.6 Å². The highest BCUT2D eigenvalue weighted by atomic mass is 32.1. The highest BCUT2D eigenvalue weighted by molar-refractivity contribution is 7.09. The quantitative estimate of drug-likeness (QED) is 0.863. The van der Waals surface area contributed by atoms with Crippen LogP contribution in [0, 0.1) is 12.3 Å². The fourth-order valence-electron chi connectivity index (χ4n) is 4.10. The van der Waals surface area contributed by atoms with Crippen molar-refractivity contribution in [3.8, 4) is 0 Å². The summed E-state index contributed by atoms with van der Waals surface area (Å²) in [6, 6.07) is 0. The zero-order valence-electron chi connectivity index (χ0n) is 15.7. The molecule has 9 heteroatoms. The van der Waals surface area contributed by atoms with Gasteiger partial charge in [-0.05, 0) is 38.5 Å². The van der Waals surface area contributed by atoms with E-state index in [1.165, 1.54) is 11.3 Å². The number of amides is 2. The van der Waals surface area contributed by atoms with Crippen LogP contribution in [0.3, 0.4) is 0 Å². The van der Waals surface area contributed by atoms with E-state index in [1.54, 1.807) is 0 Å². The van der Waals surface area contributed by atoms with Crippen LogP contribution in [0.15, 0.2) is 5.38 Å². The van der Waals surface area contributed by atoms with E-state index in [2.05, 4.69) is 20.5 Å². The summed E-state index contributed by atoms with van der Waals surface area (Å²) in [6.45, 7) is 6.58. The van der Waals surface area contributed by atoms with Gasteiger partial charge in [0.2, 0.25) is 5.82 Å². The van der Waals surface area contributed by atoms with Gasteiger partial charge in [-0.25, -0.2) is 4.98 Å². The average Bonchev–Trinajstić information content (AvgIpc) is 3.28. The van der Waals surface area contributed by atoms with Gasteiger partial charge < -0.3 is 14.8 Å². The van der Waals surface area contributed by atoms with Gasteiger partial charge in [0.05, 0.1) is 5.01 Å². The number of rotatable bonds is 3. The van der Waals surface area contributed by atoms with E-state index in [1.807, 2.05) is 28.7 Å². The summed E-state index contributed by atoms with van der Waals surface area (Å²) in [6.07, 6.45) is 3.70. The Morgan fingerprint density at radius 2 is 2.04 bits per heavy atom. The first-order valence-corrected chi connectivity index (χ1v) is 10.3. The predicted octanol–water partition coefficient (Wildman–Crippen LogP) is 1.66. The van der Waals surface area contributed by atoms with E-state index in [-0.39, 0.29) is 17.2 Å². The number of nitrogens with one attached hydrogen (secondary N) is 1. The Morgan fingerprint density at radius 3 is 2.70 bits per heavy atom. The minimum atomic E-state index is -0.167. The first kappa shape index (κ1) is 18.1. The Hall–Kier alpha value is -2.29. The smallest absolute Gasteiger partial charge is 0.289 e. The maximum absolute atomic E-state index is 12.6.